The molecule has 0 N–H and O–H groups in total. The molecule has 2 saturated heterocycles. The van der Waals surface area contributed by atoms with Crippen molar-refractivity contribution in [2.75, 3.05) is 37.8 Å². The van der Waals surface area contributed by atoms with E-state index in [1.807, 2.05) is 11.5 Å². The first-order valence-corrected chi connectivity index (χ1v) is 10.6. The lowest BCUT2D eigenvalue weighted by Gasteiger charge is -2.28. The number of hydrogen-bond donors (Lipinski definition) is 0. The SMILES string of the molecule is CC(I)(N=[N+]=[N-])c1nc2c(N3CCOCC3)nc(Cl)nc2n1C1CCCCO1. The summed E-state index contributed by atoms with van der Waals surface area (Å²) < 4.78 is 12.5. The summed E-state index contributed by atoms with van der Waals surface area (Å²) in [5.41, 5.74) is 10.3. The quantitative estimate of drug-likeness (QED) is 0.115. The van der Waals surface area contributed by atoms with E-state index < -0.39 is 3.55 Å². The van der Waals surface area contributed by atoms with Crippen LogP contribution in [-0.2, 0) is 13.0 Å². The van der Waals surface area contributed by atoms with Crippen LogP contribution in [-0.4, -0.2) is 52.4 Å². The summed E-state index contributed by atoms with van der Waals surface area (Å²) >= 11 is 8.39. The molecule has 0 aromatic carbocycles. The van der Waals surface area contributed by atoms with Crippen molar-refractivity contribution >= 4 is 51.2 Å². The maximum Gasteiger partial charge on any atom is 0.226 e. The van der Waals surface area contributed by atoms with Crippen molar-refractivity contribution < 1.29 is 9.47 Å². The minimum atomic E-state index is -0.914. The monoisotopic (exact) mass is 518 g/mol. The average Bonchev–Trinajstić information content (AvgIpc) is 3.09. The number of aromatic nitrogens is 4. The van der Waals surface area contributed by atoms with Gasteiger partial charge >= 0.3 is 0 Å². The van der Waals surface area contributed by atoms with Crippen LogP contribution < -0.4 is 4.90 Å². The molecular weight excluding hydrogens is 499 g/mol. The lowest BCUT2D eigenvalue weighted by atomic mass is 10.2. The molecule has 2 aromatic rings. The number of anilines is 1. The highest BCUT2D eigenvalue weighted by Crippen LogP contribution is 2.40. The lowest BCUT2D eigenvalue weighted by Crippen LogP contribution is -2.37. The second kappa shape index (κ2) is 8.15. The molecule has 2 atom stereocenters. The largest absolute Gasteiger partial charge is 0.378 e. The summed E-state index contributed by atoms with van der Waals surface area (Å²) in [5.74, 6) is 1.25. The first-order chi connectivity index (χ1) is 13.5. The Morgan fingerprint density at radius 2 is 2.04 bits per heavy atom. The second-order valence-corrected chi connectivity index (χ2v) is 9.30. The molecule has 0 saturated carbocycles. The van der Waals surface area contributed by atoms with Crippen molar-refractivity contribution in [2.45, 2.75) is 36.0 Å². The fraction of sp³-hybridized carbons (Fsp3) is 0.688. The normalized spacial score (nSPS) is 22.7. The van der Waals surface area contributed by atoms with Crippen LogP contribution in [0.2, 0.25) is 5.28 Å². The van der Waals surface area contributed by atoms with Crippen LogP contribution >= 0.6 is 34.2 Å². The van der Waals surface area contributed by atoms with Crippen LogP contribution in [0.3, 0.4) is 0 Å². The molecule has 2 aliphatic heterocycles. The first-order valence-electron chi connectivity index (χ1n) is 9.16. The standard InChI is InChI=1S/C16H20ClIN8O2/c1-16(18,23-24-19)14-20-11-12(25-5-8-27-9-6-25)21-15(17)22-13(11)26(14)10-4-2-3-7-28-10/h10H,2-9H2,1H3. The van der Waals surface area contributed by atoms with Crippen molar-refractivity contribution in [2.24, 2.45) is 5.11 Å². The Hall–Kier alpha value is -1.40. The molecule has 0 aliphatic carbocycles. The zero-order valence-electron chi connectivity index (χ0n) is 15.4. The Morgan fingerprint density at radius 1 is 1.25 bits per heavy atom. The summed E-state index contributed by atoms with van der Waals surface area (Å²) in [6.07, 6.45) is 2.65. The zero-order chi connectivity index (χ0) is 19.7. The fourth-order valence-corrected chi connectivity index (χ4v) is 4.22. The van der Waals surface area contributed by atoms with Gasteiger partial charge in [-0.3, -0.25) is 4.57 Å². The van der Waals surface area contributed by atoms with Gasteiger partial charge in [-0.1, -0.05) is 27.7 Å². The van der Waals surface area contributed by atoms with E-state index in [-0.39, 0.29) is 11.5 Å². The minimum Gasteiger partial charge on any atom is -0.378 e. The second-order valence-electron chi connectivity index (χ2n) is 6.86. The molecule has 2 aliphatic rings. The van der Waals surface area contributed by atoms with Gasteiger partial charge in [0, 0.05) is 24.6 Å². The van der Waals surface area contributed by atoms with E-state index in [9.17, 15) is 0 Å². The number of halogens is 2. The first kappa shape index (κ1) is 19.9. The van der Waals surface area contributed by atoms with Gasteiger partial charge in [0.2, 0.25) is 5.28 Å². The zero-order valence-corrected chi connectivity index (χ0v) is 18.3. The molecule has 28 heavy (non-hydrogen) atoms. The maximum absolute atomic E-state index is 9.06. The van der Waals surface area contributed by atoms with Gasteiger partial charge < -0.3 is 14.4 Å². The van der Waals surface area contributed by atoms with Crippen LogP contribution in [0, 0.1) is 0 Å². The van der Waals surface area contributed by atoms with E-state index >= 15 is 0 Å². The number of nitrogens with zero attached hydrogens (tertiary/aromatic N) is 8. The molecule has 0 spiro atoms. The Bertz CT molecular complexity index is 917. The van der Waals surface area contributed by atoms with Crippen molar-refractivity contribution in [3.05, 3.63) is 21.6 Å². The molecule has 12 heteroatoms. The van der Waals surface area contributed by atoms with Gasteiger partial charge in [-0.05, 0) is 43.3 Å². The molecule has 0 radical (unpaired) electrons. The van der Waals surface area contributed by atoms with Crippen LogP contribution in [0.1, 0.15) is 38.2 Å². The molecular formula is C16H20ClIN8O2. The van der Waals surface area contributed by atoms with E-state index in [1.54, 1.807) is 0 Å². The average molecular weight is 519 g/mol. The Labute approximate surface area is 180 Å². The highest BCUT2D eigenvalue weighted by Gasteiger charge is 2.35. The molecule has 2 fully saturated rings. The predicted octanol–water partition coefficient (Wildman–Crippen LogP) is 3.93. The number of alkyl halides is 1. The third-order valence-corrected chi connectivity index (χ3v) is 5.76. The van der Waals surface area contributed by atoms with Crippen molar-refractivity contribution in [1.82, 2.24) is 19.5 Å². The van der Waals surface area contributed by atoms with Gasteiger partial charge in [0.1, 0.15) is 12.1 Å². The molecule has 150 valence electrons. The number of hydrogen-bond acceptors (Lipinski definition) is 7. The highest BCUT2D eigenvalue weighted by molar-refractivity contribution is 14.1. The van der Waals surface area contributed by atoms with Gasteiger partial charge in [0.25, 0.3) is 0 Å². The summed E-state index contributed by atoms with van der Waals surface area (Å²) in [6.45, 7) is 5.11. The third kappa shape index (κ3) is 3.73. The van der Waals surface area contributed by atoms with E-state index in [2.05, 4.69) is 47.5 Å². The van der Waals surface area contributed by atoms with Crippen LogP contribution in [0.5, 0.6) is 0 Å². The molecule has 0 bridgehead atoms. The molecule has 0 amide bonds. The molecule has 4 heterocycles. The topological polar surface area (TPSA) is 114 Å². The van der Waals surface area contributed by atoms with Crippen LogP contribution in [0.4, 0.5) is 5.82 Å². The van der Waals surface area contributed by atoms with Gasteiger partial charge in [-0.25, -0.2) is 4.98 Å². The van der Waals surface area contributed by atoms with Gasteiger partial charge in [-0.15, -0.1) is 0 Å². The van der Waals surface area contributed by atoms with E-state index in [0.717, 1.165) is 19.3 Å². The van der Waals surface area contributed by atoms with Crippen LogP contribution in [0.15, 0.2) is 5.11 Å². The molecule has 4 rings (SSSR count). The number of fused-ring (bicyclic) bond motifs is 1. The molecule has 10 nitrogen and oxygen atoms in total. The summed E-state index contributed by atoms with van der Waals surface area (Å²) in [4.78, 5) is 18.9. The Balaban J connectivity index is 1.94. The third-order valence-electron chi connectivity index (χ3n) is 4.89. The molecule has 2 unspecified atom stereocenters. The van der Waals surface area contributed by atoms with Crippen molar-refractivity contribution in [3.63, 3.8) is 0 Å². The fourth-order valence-electron chi connectivity index (χ4n) is 3.58. The number of imidazole rings is 1. The van der Waals surface area contributed by atoms with Gasteiger partial charge in [-0.2, -0.15) is 9.97 Å². The van der Waals surface area contributed by atoms with E-state index in [1.165, 1.54) is 0 Å². The summed E-state index contributed by atoms with van der Waals surface area (Å²) in [6, 6.07) is 0. The lowest BCUT2D eigenvalue weighted by molar-refractivity contribution is -0.0319. The highest BCUT2D eigenvalue weighted by atomic mass is 127. The Kier molecular flexibility index (Phi) is 5.79. The summed E-state index contributed by atoms with van der Waals surface area (Å²) in [5, 5.41) is 4.11. The molecule has 2 aromatic heterocycles. The van der Waals surface area contributed by atoms with E-state index in [4.69, 9.17) is 31.6 Å². The number of azide groups is 1. The minimum absolute atomic E-state index is 0.149. The van der Waals surface area contributed by atoms with Crippen LogP contribution in [0.25, 0.3) is 21.6 Å². The van der Waals surface area contributed by atoms with Gasteiger partial charge in [0.05, 0.1) is 13.2 Å². The van der Waals surface area contributed by atoms with E-state index in [0.29, 0.717) is 55.7 Å². The number of ether oxygens (including phenoxy) is 2. The van der Waals surface area contributed by atoms with Gasteiger partial charge in [0.15, 0.2) is 20.5 Å². The summed E-state index contributed by atoms with van der Waals surface area (Å²) in [7, 11) is 0. The predicted molar refractivity (Wildman–Crippen MR) is 113 cm³/mol. The maximum atomic E-state index is 9.06. The van der Waals surface area contributed by atoms with Crippen molar-refractivity contribution in [3.8, 4) is 0 Å². The smallest absolute Gasteiger partial charge is 0.226 e. The Morgan fingerprint density at radius 3 is 2.71 bits per heavy atom. The number of rotatable bonds is 4. The number of morpholine rings is 1. The van der Waals surface area contributed by atoms with Crippen molar-refractivity contribution in [1.29, 1.82) is 0 Å².